The van der Waals surface area contributed by atoms with Crippen molar-refractivity contribution in [3.05, 3.63) is 42.5 Å². The van der Waals surface area contributed by atoms with Crippen LogP contribution in [0.15, 0.2) is 42.5 Å². The highest BCUT2D eigenvalue weighted by Gasteiger charge is 2.22. The molecule has 21 heavy (non-hydrogen) atoms. The first-order chi connectivity index (χ1) is 10.2. The summed E-state index contributed by atoms with van der Waals surface area (Å²) in [7, 11) is 0. The van der Waals surface area contributed by atoms with E-state index in [1.54, 1.807) is 0 Å². The van der Waals surface area contributed by atoms with E-state index in [0.29, 0.717) is 5.25 Å². The quantitative estimate of drug-likeness (QED) is 0.875. The Hall–Kier alpha value is -1.48. The van der Waals surface area contributed by atoms with Gasteiger partial charge in [-0.15, -0.1) is 11.8 Å². The molecule has 1 N–H and O–H groups in total. The van der Waals surface area contributed by atoms with Crippen LogP contribution in [0, 0.1) is 0 Å². The van der Waals surface area contributed by atoms with Crippen LogP contribution in [0.2, 0.25) is 0 Å². The van der Waals surface area contributed by atoms with E-state index in [9.17, 15) is 4.79 Å². The van der Waals surface area contributed by atoms with Crippen molar-refractivity contribution in [3.63, 3.8) is 0 Å². The molecule has 0 heterocycles. The summed E-state index contributed by atoms with van der Waals surface area (Å²) in [5.41, 5.74) is 0.914. The van der Waals surface area contributed by atoms with E-state index < -0.39 is 0 Å². The molecule has 3 rings (SSSR count). The second-order valence-electron chi connectivity index (χ2n) is 5.70. The number of thioether (sulfide) groups is 1. The molecule has 2 aromatic rings. The molecule has 0 aliphatic heterocycles. The first kappa shape index (κ1) is 14.5. The maximum Gasteiger partial charge on any atom is 0.237 e. The molecule has 0 bridgehead atoms. The summed E-state index contributed by atoms with van der Waals surface area (Å²) in [5.74, 6) is 0.114. The molecule has 0 radical (unpaired) electrons. The van der Waals surface area contributed by atoms with Gasteiger partial charge in [0, 0.05) is 16.3 Å². The number of amides is 1. The highest BCUT2D eigenvalue weighted by atomic mass is 32.2. The summed E-state index contributed by atoms with van der Waals surface area (Å²) in [5, 5.41) is 6.03. The lowest BCUT2D eigenvalue weighted by Crippen LogP contribution is -2.24. The number of rotatable bonds is 4. The van der Waals surface area contributed by atoms with Gasteiger partial charge in [0.2, 0.25) is 5.91 Å². The molecule has 2 nitrogen and oxygen atoms in total. The zero-order valence-corrected chi connectivity index (χ0v) is 13.2. The molecular weight excluding hydrogens is 278 g/mol. The van der Waals surface area contributed by atoms with Gasteiger partial charge in [-0.1, -0.05) is 49.2 Å². The number of carbonyl (C=O) groups is 1. The predicted molar refractivity (Wildman–Crippen MR) is 91.9 cm³/mol. The first-order valence-corrected chi connectivity index (χ1v) is 8.62. The van der Waals surface area contributed by atoms with Gasteiger partial charge < -0.3 is 5.32 Å². The van der Waals surface area contributed by atoms with Crippen LogP contribution in [-0.2, 0) is 4.79 Å². The van der Waals surface area contributed by atoms with Crippen molar-refractivity contribution in [1.82, 2.24) is 0 Å². The summed E-state index contributed by atoms with van der Waals surface area (Å²) >= 11 is 1.83. The van der Waals surface area contributed by atoms with Gasteiger partial charge in [0.25, 0.3) is 0 Å². The van der Waals surface area contributed by atoms with Crippen LogP contribution in [0.5, 0.6) is 0 Å². The predicted octanol–water partition coefficient (Wildman–Crippen LogP) is 4.84. The third-order valence-electron chi connectivity index (χ3n) is 4.12. The van der Waals surface area contributed by atoms with Crippen molar-refractivity contribution in [1.29, 1.82) is 0 Å². The Bertz CT molecular complexity index is 629. The average Bonchev–Trinajstić information content (AvgIpc) is 3.00. The molecule has 0 saturated heterocycles. The SMILES string of the molecule is CC(SC1CCCC1)C(=O)Nc1cccc2ccccc12. The van der Waals surface area contributed by atoms with E-state index in [-0.39, 0.29) is 11.2 Å². The fraction of sp³-hybridized carbons (Fsp3) is 0.389. The van der Waals surface area contributed by atoms with Gasteiger partial charge in [-0.05, 0) is 31.2 Å². The Morgan fingerprint density at radius 1 is 1.14 bits per heavy atom. The monoisotopic (exact) mass is 299 g/mol. The van der Waals surface area contributed by atoms with Crippen molar-refractivity contribution >= 4 is 34.1 Å². The molecular formula is C18H21NOS. The number of anilines is 1. The minimum absolute atomic E-state index is 0.00654. The zero-order valence-electron chi connectivity index (χ0n) is 12.3. The van der Waals surface area contributed by atoms with Crippen molar-refractivity contribution in [2.24, 2.45) is 0 Å². The van der Waals surface area contributed by atoms with Crippen LogP contribution in [0.25, 0.3) is 10.8 Å². The maximum absolute atomic E-state index is 12.4. The Labute approximate surface area is 130 Å². The molecule has 1 unspecified atom stereocenters. The smallest absolute Gasteiger partial charge is 0.237 e. The van der Waals surface area contributed by atoms with Gasteiger partial charge in [-0.2, -0.15) is 0 Å². The van der Waals surface area contributed by atoms with Gasteiger partial charge in [0.15, 0.2) is 0 Å². The summed E-state index contributed by atoms with van der Waals surface area (Å²) in [6.45, 7) is 2.02. The van der Waals surface area contributed by atoms with Gasteiger partial charge in [0.05, 0.1) is 5.25 Å². The Morgan fingerprint density at radius 3 is 2.67 bits per heavy atom. The minimum Gasteiger partial charge on any atom is -0.325 e. The highest BCUT2D eigenvalue weighted by Crippen LogP contribution is 2.33. The highest BCUT2D eigenvalue weighted by molar-refractivity contribution is 8.01. The second kappa shape index (κ2) is 6.52. The molecule has 1 aliphatic rings. The number of hydrogen-bond acceptors (Lipinski definition) is 2. The summed E-state index contributed by atoms with van der Waals surface area (Å²) in [6.07, 6.45) is 5.15. The Kier molecular flexibility index (Phi) is 4.49. The standard InChI is InChI=1S/C18H21NOS/c1-13(21-15-9-3-4-10-15)18(20)19-17-12-6-8-14-7-2-5-11-16(14)17/h2,5-8,11-13,15H,3-4,9-10H2,1H3,(H,19,20). The molecule has 1 atom stereocenters. The van der Waals surface area contributed by atoms with Gasteiger partial charge in [0.1, 0.15) is 0 Å². The number of nitrogens with one attached hydrogen (secondary N) is 1. The lowest BCUT2D eigenvalue weighted by molar-refractivity contribution is -0.115. The van der Waals surface area contributed by atoms with E-state index in [0.717, 1.165) is 16.5 Å². The van der Waals surface area contributed by atoms with E-state index in [1.165, 1.54) is 25.7 Å². The van der Waals surface area contributed by atoms with Crippen LogP contribution in [0.3, 0.4) is 0 Å². The molecule has 1 fully saturated rings. The summed E-state index contributed by atoms with van der Waals surface area (Å²) in [6, 6.07) is 14.2. The molecule has 3 heteroatoms. The van der Waals surface area contributed by atoms with Crippen molar-refractivity contribution in [2.45, 2.75) is 43.1 Å². The first-order valence-electron chi connectivity index (χ1n) is 7.68. The molecule has 110 valence electrons. The van der Waals surface area contributed by atoms with Gasteiger partial charge >= 0.3 is 0 Å². The molecule has 2 aromatic carbocycles. The van der Waals surface area contributed by atoms with E-state index in [4.69, 9.17) is 0 Å². The third kappa shape index (κ3) is 3.41. The van der Waals surface area contributed by atoms with Crippen LogP contribution < -0.4 is 5.32 Å². The summed E-state index contributed by atoms with van der Waals surface area (Å²) < 4.78 is 0. The number of fused-ring (bicyclic) bond motifs is 1. The third-order valence-corrected chi connectivity index (χ3v) is 5.59. The molecule has 0 spiro atoms. The van der Waals surface area contributed by atoms with E-state index in [2.05, 4.69) is 23.5 Å². The van der Waals surface area contributed by atoms with Crippen LogP contribution >= 0.6 is 11.8 Å². The van der Waals surface area contributed by atoms with Gasteiger partial charge in [-0.25, -0.2) is 0 Å². The van der Waals surface area contributed by atoms with Crippen LogP contribution in [0.4, 0.5) is 5.69 Å². The van der Waals surface area contributed by atoms with Gasteiger partial charge in [-0.3, -0.25) is 4.79 Å². The van der Waals surface area contributed by atoms with Crippen LogP contribution in [-0.4, -0.2) is 16.4 Å². The van der Waals surface area contributed by atoms with Crippen LogP contribution in [0.1, 0.15) is 32.6 Å². The lowest BCUT2D eigenvalue weighted by Gasteiger charge is -2.16. The fourth-order valence-electron chi connectivity index (χ4n) is 2.94. The van der Waals surface area contributed by atoms with Crippen molar-refractivity contribution in [3.8, 4) is 0 Å². The fourth-order valence-corrected chi connectivity index (χ4v) is 4.31. The van der Waals surface area contributed by atoms with E-state index in [1.807, 2.05) is 43.0 Å². The van der Waals surface area contributed by atoms with E-state index >= 15 is 0 Å². The number of carbonyl (C=O) groups excluding carboxylic acids is 1. The molecule has 1 saturated carbocycles. The Morgan fingerprint density at radius 2 is 1.86 bits per heavy atom. The molecule has 1 amide bonds. The topological polar surface area (TPSA) is 29.1 Å². The lowest BCUT2D eigenvalue weighted by atomic mass is 10.1. The molecule has 0 aromatic heterocycles. The normalized spacial score (nSPS) is 17.0. The largest absolute Gasteiger partial charge is 0.325 e. The second-order valence-corrected chi connectivity index (χ2v) is 7.35. The van der Waals surface area contributed by atoms with Crippen molar-refractivity contribution in [2.75, 3.05) is 5.32 Å². The minimum atomic E-state index is 0.00654. The number of benzene rings is 2. The zero-order chi connectivity index (χ0) is 14.7. The number of hydrogen-bond donors (Lipinski definition) is 1. The molecule has 1 aliphatic carbocycles. The maximum atomic E-state index is 12.4. The average molecular weight is 299 g/mol. The van der Waals surface area contributed by atoms with Crippen molar-refractivity contribution < 1.29 is 4.79 Å². The Balaban J connectivity index is 1.70. The summed E-state index contributed by atoms with van der Waals surface area (Å²) in [4.78, 5) is 12.4.